The van der Waals surface area contributed by atoms with E-state index in [-0.39, 0.29) is 0 Å². The van der Waals surface area contributed by atoms with Crippen LogP contribution >= 0.6 is 27.7 Å². The molecule has 2 rings (SSSR count). The van der Waals surface area contributed by atoms with Crippen LogP contribution in [0.5, 0.6) is 0 Å². The smallest absolute Gasteiger partial charge is 0.0318 e. The Hall–Kier alpha value is -0.770. The van der Waals surface area contributed by atoms with Gasteiger partial charge in [0.05, 0.1) is 0 Å². The molecule has 0 aliphatic rings. The maximum atomic E-state index is 3.68. The highest BCUT2D eigenvalue weighted by Gasteiger charge is 2.08. The average molecular weight is 336 g/mol. The zero-order valence-corrected chi connectivity index (χ0v) is 13.8. The van der Waals surface area contributed by atoms with Crippen molar-refractivity contribution in [1.82, 2.24) is 5.32 Å². The molecule has 2 aromatic rings. The number of rotatable bonds is 4. The van der Waals surface area contributed by atoms with Gasteiger partial charge in [-0.25, -0.2) is 0 Å². The molecule has 3 heteroatoms. The Morgan fingerprint density at radius 3 is 2.47 bits per heavy atom. The Labute approximate surface area is 127 Å². The predicted molar refractivity (Wildman–Crippen MR) is 86.9 cm³/mol. The third-order valence-corrected chi connectivity index (χ3v) is 5.37. The van der Waals surface area contributed by atoms with E-state index in [4.69, 9.17) is 0 Å². The van der Waals surface area contributed by atoms with E-state index in [0.29, 0.717) is 6.04 Å². The molecule has 100 valence electrons. The van der Waals surface area contributed by atoms with E-state index in [1.807, 2.05) is 7.05 Å². The first-order chi connectivity index (χ1) is 9.11. The van der Waals surface area contributed by atoms with E-state index in [0.717, 1.165) is 4.47 Å². The van der Waals surface area contributed by atoms with Gasteiger partial charge >= 0.3 is 0 Å². The molecule has 0 amide bonds. The Kier molecular flexibility index (Phi) is 5.08. The highest BCUT2D eigenvalue weighted by Crippen LogP contribution is 2.36. The van der Waals surface area contributed by atoms with Gasteiger partial charge in [0, 0.05) is 20.3 Å². The van der Waals surface area contributed by atoms with Gasteiger partial charge in [-0.1, -0.05) is 36.0 Å². The highest BCUT2D eigenvalue weighted by molar-refractivity contribution is 9.10. The SMILES string of the molecule is CNC(C)c1ccc(Sc2ccccc2C)c(Br)c1. The molecular weight excluding hydrogens is 318 g/mol. The van der Waals surface area contributed by atoms with E-state index in [1.165, 1.54) is 20.9 Å². The van der Waals surface area contributed by atoms with E-state index in [2.05, 4.69) is 77.6 Å². The Bertz CT molecular complexity index is 568. The highest BCUT2D eigenvalue weighted by atomic mass is 79.9. The second kappa shape index (κ2) is 6.60. The monoisotopic (exact) mass is 335 g/mol. The van der Waals surface area contributed by atoms with Gasteiger partial charge in [-0.15, -0.1) is 0 Å². The molecule has 0 spiro atoms. The topological polar surface area (TPSA) is 12.0 Å². The Morgan fingerprint density at radius 1 is 1.11 bits per heavy atom. The van der Waals surface area contributed by atoms with Crippen molar-refractivity contribution in [3.63, 3.8) is 0 Å². The first-order valence-corrected chi connectivity index (χ1v) is 7.93. The predicted octanol–water partition coefficient (Wildman–Crippen LogP) is 5.19. The third-order valence-electron chi connectivity index (χ3n) is 3.20. The minimum Gasteiger partial charge on any atom is -0.313 e. The second-order valence-corrected chi connectivity index (χ2v) is 6.51. The molecule has 0 bridgehead atoms. The van der Waals surface area contributed by atoms with Crippen LogP contribution in [0.15, 0.2) is 56.7 Å². The summed E-state index contributed by atoms with van der Waals surface area (Å²) in [5, 5.41) is 3.26. The molecule has 19 heavy (non-hydrogen) atoms. The summed E-state index contributed by atoms with van der Waals surface area (Å²) >= 11 is 5.48. The quantitative estimate of drug-likeness (QED) is 0.825. The first-order valence-electron chi connectivity index (χ1n) is 6.32. The fourth-order valence-corrected chi connectivity index (χ4v) is 3.37. The summed E-state index contributed by atoms with van der Waals surface area (Å²) in [6.45, 7) is 4.31. The fourth-order valence-electron chi connectivity index (χ4n) is 1.83. The van der Waals surface area contributed by atoms with Gasteiger partial charge in [-0.3, -0.25) is 0 Å². The number of hydrogen-bond donors (Lipinski definition) is 1. The number of aryl methyl sites for hydroxylation is 1. The van der Waals surface area contributed by atoms with Crippen LogP contribution in [0, 0.1) is 6.92 Å². The lowest BCUT2D eigenvalue weighted by Gasteiger charge is -2.13. The summed E-state index contributed by atoms with van der Waals surface area (Å²) in [5.74, 6) is 0. The lowest BCUT2D eigenvalue weighted by Crippen LogP contribution is -2.12. The summed E-state index contributed by atoms with van der Waals surface area (Å²) in [6.07, 6.45) is 0. The van der Waals surface area contributed by atoms with Crippen LogP contribution in [0.1, 0.15) is 24.1 Å². The standard InChI is InChI=1S/C16H18BrNS/c1-11-6-4-5-7-15(11)19-16-9-8-13(10-14(16)17)12(2)18-3/h4-10,12,18H,1-3H3. The van der Waals surface area contributed by atoms with Crippen LogP contribution < -0.4 is 5.32 Å². The van der Waals surface area contributed by atoms with Gasteiger partial charge in [0.25, 0.3) is 0 Å². The van der Waals surface area contributed by atoms with E-state index >= 15 is 0 Å². The molecule has 0 radical (unpaired) electrons. The number of halogens is 1. The molecule has 0 fully saturated rings. The zero-order valence-electron chi connectivity index (χ0n) is 11.4. The van der Waals surface area contributed by atoms with Crippen LogP contribution in [-0.2, 0) is 0 Å². The van der Waals surface area contributed by atoms with Crippen molar-refractivity contribution >= 4 is 27.7 Å². The molecule has 1 nitrogen and oxygen atoms in total. The van der Waals surface area contributed by atoms with Gasteiger partial charge in [-0.2, -0.15) is 0 Å². The summed E-state index contributed by atoms with van der Waals surface area (Å²) in [4.78, 5) is 2.55. The molecule has 0 aliphatic carbocycles. The molecule has 0 aliphatic heterocycles. The molecule has 0 saturated carbocycles. The molecule has 0 heterocycles. The number of hydrogen-bond acceptors (Lipinski definition) is 2. The van der Waals surface area contributed by atoms with Crippen LogP contribution in [0.3, 0.4) is 0 Å². The van der Waals surface area contributed by atoms with E-state index in [9.17, 15) is 0 Å². The maximum Gasteiger partial charge on any atom is 0.0318 e. The minimum absolute atomic E-state index is 0.369. The van der Waals surface area contributed by atoms with Crippen molar-refractivity contribution in [2.45, 2.75) is 29.7 Å². The normalized spacial score (nSPS) is 12.4. The molecule has 1 atom stereocenters. The third kappa shape index (κ3) is 3.62. The lowest BCUT2D eigenvalue weighted by molar-refractivity contribution is 0.651. The second-order valence-electron chi connectivity index (χ2n) is 4.57. The van der Waals surface area contributed by atoms with Crippen molar-refractivity contribution < 1.29 is 0 Å². The summed E-state index contributed by atoms with van der Waals surface area (Å²) in [6, 6.07) is 15.4. The molecule has 1 unspecified atom stereocenters. The van der Waals surface area contributed by atoms with Crippen LogP contribution in [0.4, 0.5) is 0 Å². The molecule has 2 aromatic carbocycles. The van der Waals surface area contributed by atoms with Gasteiger partial charge in [0.2, 0.25) is 0 Å². The molecule has 1 N–H and O–H groups in total. The van der Waals surface area contributed by atoms with Crippen molar-refractivity contribution in [2.24, 2.45) is 0 Å². The van der Waals surface area contributed by atoms with Gasteiger partial charge in [0.1, 0.15) is 0 Å². The number of benzene rings is 2. The van der Waals surface area contributed by atoms with Gasteiger partial charge in [0.15, 0.2) is 0 Å². The van der Waals surface area contributed by atoms with Crippen LogP contribution in [0.25, 0.3) is 0 Å². The summed E-state index contributed by atoms with van der Waals surface area (Å²) < 4.78 is 1.15. The Balaban J connectivity index is 2.25. The van der Waals surface area contributed by atoms with Crippen molar-refractivity contribution in [1.29, 1.82) is 0 Å². The van der Waals surface area contributed by atoms with Gasteiger partial charge in [-0.05, 0) is 66.2 Å². The minimum atomic E-state index is 0.369. The fraction of sp³-hybridized carbons (Fsp3) is 0.250. The average Bonchev–Trinajstić information content (AvgIpc) is 2.42. The maximum absolute atomic E-state index is 3.68. The van der Waals surface area contributed by atoms with E-state index < -0.39 is 0 Å². The van der Waals surface area contributed by atoms with Crippen LogP contribution in [0.2, 0.25) is 0 Å². The van der Waals surface area contributed by atoms with E-state index in [1.54, 1.807) is 11.8 Å². The van der Waals surface area contributed by atoms with Crippen molar-refractivity contribution in [3.8, 4) is 0 Å². The summed E-state index contributed by atoms with van der Waals surface area (Å²) in [7, 11) is 1.98. The summed E-state index contributed by atoms with van der Waals surface area (Å²) in [5.41, 5.74) is 2.61. The largest absolute Gasteiger partial charge is 0.313 e. The van der Waals surface area contributed by atoms with Crippen LogP contribution in [-0.4, -0.2) is 7.05 Å². The van der Waals surface area contributed by atoms with Gasteiger partial charge < -0.3 is 5.32 Å². The zero-order chi connectivity index (χ0) is 13.8. The Morgan fingerprint density at radius 2 is 1.84 bits per heavy atom. The number of nitrogens with one attached hydrogen (secondary N) is 1. The molecular formula is C16H18BrNS. The molecule has 0 saturated heterocycles. The molecule has 0 aromatic heterocycles. The lowest BCUT2D eigenvalue weighted by atomic mass is 10.1. The van der Waals surface area contributed by atoms with Crippen molar-refractivity contribution in [2.75, 3.05) is 7.05 Å². The first kappa shape index (κ1) is 14.6. The van der Waals surface area contributed by atoms with Crippen molar-refractivity contribution in [3.05, 3.63) is 58.1 Å².